The molecule has 2 rings (SSSR count). The van der Waals surface area contributed by atoms with Gasteiger partial charge in [0.15, 0.2) is 0 Å². The van der Waals surface area contributed by atoms with Gasteiger partial charge in [-0.1, -0.05) is 30.7 Å². The molecule has 0 fully saturated rings. The van der Waals surface area contributed by atoms with E-state index in [9.17, 15) is 9.59 Å². The maximum Gasteiger partial charge on any atom is 0.340 e. The van der Waals surface area contributed by atoms with Crippen molar-refractivity contribution in [1.82, 2.24) is 5.32 Å². The number of aryl methyl sites for hydroxylation is 1. The van der Waals surface area contributed by atoms with Crippen LogP contribution in [0.15, 0.2) is 30.3 Å². The zero-order chi connectivity index (χ0) is 17.7. The molecule has 0 saturated carbocycles. The van der Waals surface area contributed by atoms with E-state index >= 15 is 0 Å². The first-order valence-corrected chi connectivity index (χ1v) is 8.65. The summed E-state index contributed by atoms with van der Waals surface area (Å²) in [5.41, 5.74) is 1.32. The minimum Gasteiger partial charge on any atom is -0.465 e. The maximum atomic E-state index is 12.3. The van der Waals surface area contributed by atoms with Gasteiger partial charge in [0.2, 0.25) is 0 Å². The average molecular weight is 367 g/mol. The molecule has 0 spiro atoms. The lowest BCUT2D eigenvalue weighted by Gasteiger charge is -2.18. The van der Waals surface area contributed by atoms with Crippen molar-refractivity contribution in [3.63, 3.8) is 0 Å². The first-order valence-electron chi connectivity index (χ1n) is 7.46. The van der Waals surface area contributed by atoms with Crippen LogP contribution in [0.4, 0.5) is 9.80 Å². The SMILES string of the molecule is CC[C@@H](NC(=O)Nc1sc(C)cc1C(=O)OC)c1ccc(Cl)cc1. The van der Waals surface area contributed by atoms with E-state index < -0.39 is 5.97 Å². The highest BCUT2D eigenvalue weighted by Gasteiger charge is 2.19. The van der Waals surface area contributed by atoms with Crippen LogP contribution in [-0.4, -0.2) is 19.1 Å². The summed E-state index contributed by atoms with van der Waals surface area (Å²) in [5, 5.41) is 6.76. The summed E-state index contributed by atoms with van der Waals surface area (Å²) in [6.45, 7) is 3.84. The number of rotatable bonds is 5. The van der Waals surface area contributed by atoms with Gasteiger partial charge in [0.1, 0.15) is 5.00 Å². The molecule has 1 aromatic heterocycles. The molecule has 2 amide bonds. The van der Waals surface area contributed by atoms with E-state index in [1.54, 1.807) is 18.2 Å². The number of ether oxygens (including phenoxy) is 1. The number of carbonyl (C=O) groups is 2. The van der Waals surface area contributed by atoms with E-state index in [1.165, 1.54) is 18.4 Å². The van der Waals surface area contributed by atoms with Gasteiger partial charge in [-0.25, -0.2) is 9.59 Å². The number of amides is 2. The van der Waals surface area contributed by atoms with Crippen molar-refractivity contribution < 1.29 is 14.3 Å². The van der Waals surface area contributed by atoms with E-state index in [1.807, 2.05) is 26.0 Å². The van der Waals surface area contributed by atoms with Crippen LogP contribution in [0.5, 0.6) is 0 Å². The van der Waals surface area contributed by atoms with Crippen molar-refractivity contribution in [1.29, 1.82) is 0 Å². The van der Waals surface area contributed by atoms with Crippen LogP contribution in [0.1, 0.15) is 40.2 Å². The van der Waals surface area contributed by atoms with Crippen LogP contribution in [0.25, 0.3) is 0 Å². The van der Waals surface area contributed by atoms with Gasteiger partial charge in [0.05, 0.1) is 18.7 Å². The molecule has 5 nitrogen and oxygen atoms in total. The van der Waals surface area contributed by atoms with Crippen LogP contribution in [0.2, 0.25) is 5.02 Å². The Morgan fingerprint density at radius 1 is 1.29 bits per heavy atom. The van der Waals surface area contributed by atoms with E-state index in [0.29, 0.717) is 15.6 Å². The number of methoxy groups -OCH3 is 1. The summed E-state index contributed by atoms with van der Waals surface area (Å²) in [6, 6.07) is 8.52. The lowest BCUT2D eigenvalue weighted by Crippen LogP contribution is -2.32. The zero-order valence-corrected chi connectivity index (χ0v) is 15.3. The summed E-state index contributed by atoms with van der Waals surface area (Å²) in [5.74, 6) is -0.473. The molecule has 0 aliphatic rings. The fourth-order valence-electron chi connectivity index (χ4n) is 2.28. The molecule has 0 radical (unpaired) electrons. The fourth-order valence-corrected chi connectivity index (χ4v) is 3.30. The molecule has 1 aromatic carbocycles. The Kier molecular flexibility index (Phi) is 6.23. The second kappa shape index (κ2) is 8.17. The maximum absolute atomic E-state index is 12.3. The highest BCUT2D eigenvalue weighted by atomic mass is 35.5. The van der Waals surface area contributed by atoms with Gasteiger partial charge in [-0.2, -0.15) is 0 Å². The van der Waals surface area contributed by atoms with Crippen LogP contribution >= 0.6 is 22.9 Å². The van der Waals surface area contributed by atoms with Crippen LogP contribution < -0.4 is 10.6 Å². The summed E-state index contributed by atoms with van der Waals surface area (Å²) in [4.78, 5) is 25.0. The number of halogens is 1. The second-order valence-electron chi connectivity index (χ2n) is 5.20. The van der Waals surface area contributed by atoms with Gasteiger partial charge in [-0.05, 0) is 37.1 Å². The molecule has 1 heterocycles. The highest BCUT2D eigenvalue weighted by molar-refractivity contribution is 7.16. The van der Waals surface area contributed by atoms with Gasteiger partial charge in [0, 0.05) is 9.90 Å². The predicted octanol–water partition coefficient (Wildman–Crippen LogP) is 4.77. The topological polar surface area (TPSA) is 67.4 Å². The Balaban J connectivity index is 2.09. The molecular formula is C17H19ClN2O3S. The number of urea groups is 1. The lowest BCUT2D eigenvalue weighted by atomic mass is 10.1. The smallest absolute Gasteiger partial charge is 0.340 e. The number of hydrogen-bond donors (Lipinski definition) is 2. The van der Waals surface area contributed by atoms with Gasteiger partial charge in [-0.15, -0.1) is 11.3 Å². The van der Waals surface area contributed by atoms with E-state index in [-0.39, 0.29) is 12.1 Å². The molecular weight excluding hydrogens is 348 g/mol. The first kappa shape index (κ1) is 18.3. The quantitative estimate of drug-likeness (QED) is 0.749. The van der Waals surface area contributed by atoms with Crippen LogP contribution in [0, 0.1) is 6.92 Å². The van der Waals surface area contributed by atoms with E-state index in [0.717, 1.165) is 16.9 Å². The summed E-state index contributed by atoms with van der Waals surface area (Å²) >= 11 is 7.22. The molecule has 0 saturated heterocycles. The van der Waals surface area contributed by atoms with Crippen molar-refractivity contribution in [2.24, 2.45) is 0 Å². The van der Waals surface area contributed by atoms with E-state index in [4.69, 9.17) is 16.3 Å². The van der Waals surface area contributed by atoms with Gasteiger partial charge < -0.3 is 10.1 Å². The molecule has 128 valence electrons. The number of anilines is 1. The predicted molar refractivity (Wildman–Crippen MR) is 97.0 cm³/mol. The zero-order valence-electron chi connectivity index (χ0n) is 13.7. The average Bonchev–Trinajstić information content (AvgIpc) is 2.93. The Labute approximate surface area is 150 Å². The fraction of sp³-hybridized carbons (Fsp3) is 0.294. The van der Waals surface area contributed by atoms with Gasteiger partial charge in [-0.3, -0.25) is 5.32 Å². The number of benzene rings is 1. The Hall–Kier alpha value is -2.05. The minimum atomic E-state index is -0.473. The summed E-state index contributed by atoms with van der Waals surface area (Å²) in [7, 11) is 1.31. The van der Waals surface area contributed by atoms with Gasteiger partial charge >= 0.3 is 12.0 Å². The van der Waals surface area contributed by atoms with Crippen molar-refractivity contribution >= 4 is 39.9 Å². The molecule has 24 heavy (non-hydrogen) atoms. The van der Waals surface area contributed by atoms with E-state index in [2.05, 4.69) is 10.6 Å². The number of esters is 1. The minimum absolute atomic E-state index is 0.148. The normalized spacial score (nSPS) is 11.7. The number of carbonyl (C=O) groups excluding carboxylic acids is 2. The number of thiophene rings is 1. The van der Waals surface area contributed by atoms with Crippen LogP contribution in [0.3, 0.4) is 0 Å². The van der Waals surface area contributed by atoms with Gasteiger partial charge in [0.25, 0.3) is 0 Å². The lowest BCUT2D eigenvalue weighted by molar-refractivity contribution is 0.0602. The number of hydrogen-bond acceptors (Lipinski definition) is 4. The second-order valence-corrected chi connectivity index (χ2v) is 6.90. The number of nitrogens with one attached hydrogen (secondary N) is 2. The van der Waals surface area contributed by atoms with Crippen molar-refractivity contribution in [2.45, 2.75) is 26.3 Å². The third kappa shape index (κ3) is 4.49. The summed E-state index contributed by atoms with van der Waals surface area (Å²) in [6.07, 6.45) is 0.725. The Bertz CT molecular complexity index is 728. The Morgan fingerprint density at radius 2 is 1.96 bits per heavy atom. The highest BCUT2D eigenvalue weighted by Crippen LogP contribution is 2.28. The standard InChI is InChI=1S/C17H19ClN2O3S/c1-4-14(11-5-7-12(18)8-6-11)19-17(22)20-15-13(16(21)23-3)9-10(2)24-15/h5-9,14H,4H2,1-3H3,(H2,19,20,22)/t14-/m1/s1. The largest absolute Gasteiger partial charge is 0.465 e. The van der Waals surface area contributed by atoms with Crippen molar-refractivity contribution in [2.75, 3.05) is 12.4 Å². The molecule has 2 N–H and O–H groups in total. The molecule has 2 aromatic rings. The first-order chi connectivity index (χ1) is 11.4. The van der Waals surface area contributed by atoms with Crippen molar-refractivity contribution in [3.05, 3.63) is 51.4 Å². The molecule has 7 heteroatoms. The Morgan fingerprint density at radius 3 is 2.54 bits per heavy atom. The third-order valence-corrected chi connectivity index (χ3v) is 4.69. The molecule has 1 atom stereocenters. The molecule has 0 unspecified atom stereocenters. The van der Waals surface area contributed by atoms with Crippen molar-refractivity contribution in [3.8, 4) is 0 Å². The molecule has 0 aliphatic carbocycles. The monoisotopic (exact) mass is 366 g/mol. The summed E-state index contributed by atoms with van der Waals surface area (Å²) < 4.78 is 4.74. The third-order valence-electron chi connectivity index (χ3n) is 3.47. The molecule has 0 bridgehead atoms. The van der Waals surface area contributed by atoms with Crippen LogP contribution in [-0.2, 0) is 4.74 Å². The molecule has 0 aliphatic heterocycles.